The molecule has 0 atom stereocenters. The number of aliphatic hydroxyl groups is 1. The summed E-state index contributed by atoms with van der Waals surface area (Å²) < 4.78 is 5.11. The van der Waals surface area contributed by atoms with E-state index in [4.69, 9.17) is 4.52 Å². The summed E-state index contributed by atoms with van der Waals surface area (Å²) in [6.07, 6.45) is 0. The van der Waals surface area contributed by atoms with Gasteiger partial charge in [-0.2, -0.15) is 0 Å². The molecule has 108 valence electrons. The van der Waals surface area contributed by atoms with Crippen molar-refractivity contribution in [3.63, 3.8) is 0 Å². The second-order valence-corrected chi connectivity index (χ2v) is 5.87. The van der Waals surface area contributed by atoms with Crippen LogP contribution in [0.1, 0.15) is 30.9 Å². The minimum Gasteiger partial charge on any atom is -0.389 e. The molecule has 0 aliphatic heterocycles. The molecule has 0 saturated carbocycles. The van der Waals surface area contributed by atoms with Crippen LogP contribution in [0.2, 0.25) is 0 Å². The summed E-state index contributed by atoms with van der Waals surface area (Å²) in [5.41, 5.74) is 1.37. The number of benzene rings is 1. The smallest absolute Gasteiger partial charge is 0.133 e. The van der Waals surface area contributed by atoms with Crippen molar-refractivity contribution >= 4 is 0 Å². The Morgan fingerprint density at radius 1 is 1.20 bits per heavy atom. The molecule has 1 N–H and O–H groups in total. The average molecular weight is 274 g/mol. The fraction of sp³-hybridized carbons (Fsp3) is 0.438. The highest BCUT2D eigenvalue weighted by atomic mass is 16.5. The maximum absolute atomic E-state index is 10.1. The molecule has 0 fully saturated rings. The van der Waals surface area contributed by atoms with Gasteiger partial charge in [-0.05, 0) is 26.3 Å². The van der Waals surface area contributed by atoms with Crippen LogP contribution < -0.4 is 0 Å². The predicted molar refractivity (Wildman–Crippen MR) is 78.1 cm³/mol. The predicted octanol–water partition coefficient (Wildman–Crippen LogP) is 2.76. The molecule has 1 aromatic carbocycles. The summed E-state index contributed by atoms with van der Waals surface area (Å²) in [5, 5.41) is 14.1. The molecule has 4 nitrogen and oxygen atoms in total. The summed E-state index contributed by atoms with van der Waals surface area (Å²) in [7, 11) is 0. The third-order valence-corrected chi connectivity index (χ3v) is 2.92. The van der Waals surface area contributed by atoms with E-state index < -0.39 is 5.60 Å². The minimum absolute atomic E-state index is 0.577. The van der Waals surface area contributed by atoms with Crippen molar-refractivity contribution in [2.45, 2.75) is 39.5 Å². The Hall–Kier alpha value is -1.65. The van der Waals surface area contributed by atoms with Crippen molar-refractivity contribution in [1.82, 2.24) is 10.1 Å². The van der Waals surface area contributed by atoms with Gasteiger partial charge in [0.05, 0.1) is 11.3 Å². The molecular formula is C16H22N2O2. The van der Waals surface area contributed by atoms with E-state index in [0.29, 0.717) is 13.1 Å². The highest BCUT2D eigenvalue weighted by Crippen LogP contribution is 2.14. The molecule has 0 radical (unpaired) electrons. The van der Waals surface area contributed by atoms with Gasteiger partial charge in [-0.25, -0.2) is 0 Å². The molecular weight excluding hydrogens is 252 g/mol. The van der Waals surface area contributed by atoms with Gasteiger partial charge in [-0.1, -0.05) is 35.5 Å². The monoisotopic (exact) mass is 274 g/mol. The molecule has 0 aliphatic carbocycles. The zero-order valence-electron chi connectivity index (χ0n) is 12.3. The van der Waals surface area contributed by atoms with E-state index in [-0.39, 0.29) is 0 Å². The van der Waals surface area contributed by atoms with Crippen LogP contribution in [-0.2, 0) is 13.1 Å². The van der Waals surface area contributed by atoms with Crippen molar-refractivity contribution < 1.29 is 9.63 Å². The number of nitrogens with zero attached hydrogens (tertiary/aromatic N) is 2. The third-order valence-electron chi connectivity index (χ3n) is 2.92. The first-order valence-corrected chi connectivity index (χ1v) is 6.83. The summed E-state index contributed by atoms with van der Waals surface area (Å²) in [6, 6.07) is 12.2. The van der Waals surface area contributed by atoms with Crippen LogP contribution in [0.5, 0.6) is 0 Å². The lowest BCUT2D eigenvalue weighted by Crippen LogP contribution is -2.37. The zero-order chi connectivity index (χ0) is 14.6. The van der Waals surface area contributed by atoms with Crippen LogP contribution in [0.25, 0.3) is 0 Å². The standard InChI is InChI=1S/C16H22N2O2/c1-13-9-15(17-20-13)11-18(12-16(2,3)19)10-14-7-5-4-6-8-14/h4-9,19H,10-12H2,1-3H3. The third kappa shape index (κ3) is 4.79. The second kappa shape index (κ2) is 6.20. The quantitative estimate of drug-likeness (QED) is 0.880. The Labute approximate surface area is 120 Å². The normalized spacial score (nSPS) is 12.1. The van der Waals surface area contributed by atoms with Crippen molar-refractivity contribution in [3.05, 3.63) is 53.4 Å². The number of hydrogen-bond acceptors (Lipinski definition) is 4. The molecule has 4 heteroatoms. The molecule has 0 aliphatic rings. The van der Waals surface area contributed by atoms with Gasteiger partial charge in [0.2, 0.25) is 0 Å². The molecule has 0 spiro atoms. The van der Waals surface area contributed by atoms with Gasteiger partial charge in [-0.15, -0.1) is 0 Å². The minimum atomic E-state index is -0.742. The van der Waals surface area contributed by atoms with E-state index in [9.17, 15) is 5.11 Å². The van der Waals surface area contributed by atoms with Crippen LogP contribution in [0, 0.1) is 6.92 Å². The van der Waals surface area contributed by atoms with Crippen molar-refractivity contribution in [2.75, 3.05) is 6.54 Å². The van der Waals surface area contributed by atoms with Gasteiger partial charge < -0.3 is 9.63 Å². The Kier molecular flexibility index (Phi) is 4.57. The average Bonchev–Trinajstić information content (AvgIpc) is 2.74. The maximum Gasteiger partial charge on any atom is 0.133 e. The summed E-state index contributed by atoms with van der Waals surface area (Å²) >= 11 is 0. The Morgan fingerprint density at radius 3 is 2.45 bits per heavy atom. The van der Waals surface area contributed by atoms with Crippen LogP contribution >= 0.6 is 0 Å². The van der Waals surface area contributed by atoms with E-state index in [1.807, 2.05) is 45.0 Å². The number of aromatic nitrogens is 1. The molecule has 0 saturated heterocycles. The van der Waals surface area contributed by atoms with Crippen LogP contribution in [-0.4, -0.2) is 27.3 Å². The van der Waals surface area contributed by atoms with E-state index >= 15 is 0 Å². The summed E-state index contributed by atoms with van der Waals surface area (Å²) in [6.45, 7) is 7.53. The van der Waals surface area contributed by atoms with Gasteiger partial charge in [-0.3, -0.25) is 4.90 Å². The SMILES string of the molecule is Cc1cc(CN(Cc2ccccc2)CC(C)(C)O)no1. The molecule has 0 bridgehead atoms. The largest absolute Gasteiger partial charge is 0.389 e. The summed E-state index contributed by atoms with van der Waals surface area (Å²) in [5.74, 6) is 0.808. The molecule has 20 heavy (non-hydrogen) atoms. The first-order chi connectivity index (χ1) is 9.42. The Bertz CT molecular complexity index is 529. The molecule has 1 aromatic heterocycles. The van der Waals surface area contributed by atoms with Crippen molar-refractivity contribution in [1.29, 1.82) is 0 Å². The first kappa shape index (κ1) is 14.8. The van der Waals surface area contributed by atoms with Crippen LogP contribution in [0.3, 0.4) is 0 Å². The van der Waals surface area contributed by atoms with Gasteiger partial charge in [0, 0.05) is 25.7 Å². The van der Waals surface area contributed by atoms with E-state index in [1.165, 1.54) is 5.56 Å². The molecule has 1 heterocycles. The molecule has 2 aromatic rings. The van der Waals surface area contributed by atoms with Gasteiger partial charge in [0.15, 0.2) is 0 Å². The van der Waals surface area contributed by atoms with E-state index in [0.717, 1.165) is 18.0 Å². The molecule has 0 unspecified atom stereocenters. The highest BCUT2D eigenvalue weighted by Gasteiger charge is 2.19. The summed E-state index contributed by atoms with van der Waals surface area (Å²) in [4.78, 5) is 2.17. The lowest BCUT2D eigenvalue weighted by atomic mass is 10.1. The van der Waals surface area contributed by atoms with Gasteiger partial charge >= 0.3 is 0 Å². The van der Waals surface area contributed by atoms with Gasteiger partial charge in [0.1, 0.15) is 5.76 Å². The Morgan fingerprint density at radius 2 is 1.90 bits per heavy atom. The number of aryl methyl sites for hydroxylation is 1. The highest BCUT2D eigenvalue weighted by molar-refractivity contribution is 5.15. The fourth-order valence-electron chi connectivity index (χ4n) is 2.28. The van der Waals surface area contributed by atoms with Crippen molar-refractivity contribution in [3.8, 4) is 0 Å². The lowest BCUT2D eigenvalue weighted by Gasteiger charge is -2.28. The Balaban J connectivity index is 2.08. The second-order valence-electron chi connectivity index (χ2n) is 5.87. The van der Waals surface area contributed by atoms with Crippen LogP contribution in [0.15, 0.2) is 40.9 Å². The van der Waals surface area contributed by atoms with Crippen molar-refractivity contribution in [2.24, 2.45) is 0 Å². The topological polar surface area (TPSA) is 49.5 Å². The van der Waals surface area contributed by atoms with Gasteiger partial charge in [0.25, 0.3) is 0 Å². The molecule has 0 amide bonds. The molecule has 2 rings (SSSR count). The number of rotatable bonds is 6. The first-order valence-electron chi connectivity index (χ1n) is 6.83. The maximum atomic E-state index is 10.1. The number of hydrogen-bond donors (Lipinski definition) is 1. The zero-order valence-corrected chi connectivity index (χ0v) is 12.3. The lowest BCUT2D eigenvalue weighted by molar-refractivity contribution is 0.0299. The van der Waals surface area contributed by atoms with Crippen LogP contribution in [0.4, 0.5) is 0 Å². The fourth-order valence-corrected chi connectivity index (χ4v) is 2.28. The van der Waals surface area contributed by atoms with E-state index in [1.54, 1.807) is 0 Å². The van der Waals surface area contributed by atoms with E-state index in [2.05, 4.69) is 22.2 Å².